The lowest BCUT2D eigenvalue weighted by Crippen LogP contribution is -2.08. The number of alkyl halides is 1. The average molecular weight is 253 g/mol. The lowest BCUT2D eigenvalue weighted by atomic mass is 9.94. The van der Waals surface area contributed by atoms with Crippen LogP contribution in [0, 0.1) is 5.92 Å². The predicted molar refractivity (Wildman–Crippen MR) is 72.6 cm³/mol. The second kappa shape index (κ2) is 5.41. The maximum absolute atomic E-state index is 6.53. The largest absolute Gasteiger partial charge is 0.378 e. The number of benzene rings is 1. The summed E-state index contributed by atoms with van der Waals surface area (Å²) in [5, 5.41) is 0.0844. The van der Waals surface area contributed by atoms with Crippen LogP contribution in [0.3, 0.4) is 0 Å². The molecule has 3 atom stereocenters. The van der Waals surface area contributed by atoms with Crippen molar-refractivity contribution < 1.29 is 4.74 Å². The van der Waals surface area contributed by atoms with Gasteiger partial charge in [0.2, 0.25) is 0 Å². The van der Waals surface area contributed by atoms with Crippen molar-refractivity contribution in [1.29, 1.82) is 0 Å². The monoisotopic (exact) mass is 252 g/mol. The molecule has 1 aliphatic heterocycles. The van der Waals surface area contributed by atoms with E-state index >= 15 is 0 Å². The molecule has 1 aliphatic rings. The Morgan fingerprint density at radius 3 is 2.24 bits per heavy atom. The first kappa shape index (κ1) is 12.9. The Balaban J connectivity index is 2.06. The van der Waals surface area contributed by atoms with Gasteiger partial charge in [-0.25, -0.2) is 0 Å². The summed E-state index contributed by atoms with van der Waals surface area (Å²) in [5.41, 5.74) is 2.59. The Morgan fingerprint density at radius 1 is 1.18 bits per heavy atom. The van der Waals surface area contributed by atoms with Crippen molar-refractivity contribution in [3.63, 3.8) is 0 Å². The Labute approximate surface area is 109 Å². The molecular weight excluding hydrogens is 232 g/mol. The first-order valence-corrected chi connectivity index (χ1v) is 6.87. The minimum Gasteiger partial charge on any atom is -0.378 e. The molecular formula is C15H21ClO. The van der Waals surface area contributed by atoms with E-state index in [0.29, 0.717) is 17.9 Å². The fraction of sp³-hybridized carbons (Fsp3) is 0.600. The first-order valence-electron chi connectivity index (χ1n) is 6.43. The SMILES string of the molecule is CC1CC(C(Cl)c2ccc(C(C)C)cc2)CO1. The van der Waals surface area contributed by atoms with Gasteiger partial charge in [0.25, 0.3) is 0 Å². The molecule has 1 aromatic rings. The molecule has 0 radical (unpaired) electrons. The van der Waals surface area contributed by atoms with Crippen molar-refractivity contribution >= 4 is 11.6 Å². The van der Waals surface area contributed by atoms with Crippen LogP contribution in [0.4, 0.5) is 0 Å². The van der Waals surface area contributed by atoms with Crippen LogP contribution in [-0.4, -0.2) is 12.7 Å². The van der Waals surface area contributed by atoms with Crippen molar-refractivity contribution in [2.75, 3.05) is 6.61 Å². The highest BCUT2D eigenvalue weighted by molar-refractivity contribution is 6.21. The van der Waals surface area contributed by atoms with Crippen molar-refractivity contribution in [2.45, 2.75) is 44.6 Å². The Hall–Kier alpha value is -0.530. The van der Waals surface area contributed by atoms with Crippen LogP contribution < -0.4 is 0 Å². The fourth-order valence-electron chi connectivity index (χ4n) is 2.39. The summed E-state index contributed by atoms with van der Waals surface area (Å²) in [5.74, 6) is 1.03. The lowest BCUT2D eigenvalue weighted by molar-refractivity contribution is 0.120. The van der Waals surface area contributed by atoms with Crippen molar-refractivity contribution in [1.82, 2.24) is 0 Å². The van der Waals surface area contributed by atoms with Gasteiger partial charge in [-0.15, -0.1) is 11.6 Å². The third-order valence-corrected chi connectivity index (χ3v) is 4.17. The molecule has 1 nitrogen and oxygen atoms in total. The van der Waals surface area contributed by atoms with E-state index in [9.17, 15) is 0 Å². The van der Waals surface area contributed by atoms with Gasteiger partial charge in [-0.3, -0.25) is 0 Å². The van der Waals surface area contributed by atoms with Crippen LogP contribution in [0.15, 0.2) is 24.3 Å². The highest BCUT2D eigenvalue weighted by Crippen LogP contribution is 2.36. The molecule has 1 aromatic carbocycles. The number of hydrogen-bond acceptors (Lipinski definition) is 1. The van der Waals surface area contributed by atoms with Crippen molar-refractivity contribution in [3.8, 4) is 0 Å². The summed E-state index contributed by atoms with van der Waals surface area (Å²) in [6.45, 7) is 7.33. The summed E-state index contributed by atoms with van der Waals surface area (Å²) in [7, 11) is 0. The van der Waals surface area contributed by atoms with E-state index in [0.717, 1.165) is 13.0 Å². The summed E-state index contributed by atoms with van der Waals surface area (Å²) in [6, 6.07) is 8.70. The first-order chi connectivity index (χ1) is 8.08. The molecule has 0 bridgehead atoms. The molecule has 2 heteroatoms. The van der Waals surface area contributed by atoms with Crippen molar-refractivity contribution in [2.24, 2.45) is 5.92 Å². The van der Waals surface area contributed by atoms with Gasteiger partial charge >= 0.3 is 0 Å². The van der Waals surface area contributed by atoms with Crippen LogP contribution in [0.1, 0.15) is 49.6 Å². The minimum absolute atomic E-state index is 0.0844. The van der Waals surface area contributed by atoms with E-state index in [4.69, 9.17) is 16.3 Å². The van der Waals surface area contributed by atoms with Crippen LogP contribution in [0.2, 0.25) is 0 Å². The van der Waals surface area contributed by atoms with Gasteiger partial charge in [0.15, 0.2) is 0 Å². The van der Waals surface area contributed by atoms with E-state index in [2.05, 4.69) is 45.0 Å². The summed E-state index contributed by atoms with van der Waals surface area (Å²) >= 11 is 6.53. The zero-order valence-electron chi connectivity index (χ0n) is 10.8. The van der Waals surface area contributed by atoms with Crippen LogP contribution in [0.25, 0.3) is 0 Å². The van der Waals surface area contributed by atoms with Crippen molar-refractivity contribution in [3.05, 3.63) is 35.4 Å². The topological polar surface area (TPSA) is 9.23 Å². The molecule has 1 saturated heterocycles. The number of halogens is 1. The summed E-state index contributed by atoms with van der Waals surface area (Å²) < 4.78 is 5.59. The van der Waals surface area contributed by atoms with E-state index in [-0.39, 0.29) is 5.38 Å². The molecule has 2 rings (SSSR count). The van der Waals surface area contributed by atoms with Gasteiger partial charge in [0.1, 0.15) is 0 Å². The molecule has 0 amide bonds. The number of hydrogen-bond donors (Lipinski definition) is 0. The lowest BCUT2D eigenvalue weighted by Gasteiger charge is -2.16. The fourth-order valence-corrected chi connectivity index (χ4v) is 2.71. The molecule has 1 heterocycles. The third kappa shape index (κ3) is 3.02. The summed E-state index contributed by atoms with van der Waals surface area (Å²) in [6.07, 6.45) is 1.43. The highest BCUT2D eigenvalue weighted by Gasteiger charge is 2.29. The molecule has 0 N–H and O–H groups in total. The van der Waals surface area contributed by atoms with E-state index in [1.165, 1.54) is 11.1 Å². The molecule has 17 heavy (non-hydrogen) atoms. The van der Waals surface area contributed by atoms with Gasteiger partial charge in [0, 0.05) is 5.92 Å². The molecule has 0 aliphatic carbocycles. The molecule has 94 valence electrons. The predicted octanol–water partition coefficient (Wildman–Crippen LogP) is 4.51. The molecule has 0 aromatic heterocycles. The second-order valence-corrected chi connectivity index (χ2v) is 5.83. The van der Waals surface area contributed by atoms with E-state index in [1.807, 2.05) is 0 Å². The Morgan fingerprint density at radius 2 is 1.76 bits per heavy atom. The van der Waals surface area contributed by atoms with Crippen LogP contribution in [0.5, 0.6) is 0 Å². The maximum atomic E-state index is 6.53. The number of rotatable bonds is 3. The van der Waals surface area contributed by atoms with E-state index < -0.39 is 0 Å². The average Bonchev–Trinajstić information content (AvgIpc) is 2.75. The Bertz CT molecular complexity index is 358. The van der Waals surface area contributed by atoms with Gasteiger partial charge in [-0.2, -0.15) is 0 Å². The second-order valence-electron chi connectivity index (χ2n) is 5.36. The zero-order valence-corrected chi connectivity index (χ0v) is 11.6. The minimum atomic E-state index is 0.0844. The molecule has 1 fully saturated rings. The normalized spacial score (nSPS) is 26.4. The molecule has 3 unspecified atom stereocenters. The third-order valence-electron chi connectivity index (χ3n) is 3.56. The quantitative estimate of drug-likeness (QED) is 0.719. The van der Waals surface area contributed by atoms with Gasteiger partial charge in [0.05, 0.1) is 18.1 Å². The molecule has 0 saturated carbocycles. The number of ether oxygens (including phenoxy) is 1. The Kier molecular flexibility index (Phi) is 4.11. The van der Waals surface area contributed by atoms with Crippen LogP contribution >= 0.6 is 11.6 Å². The van der Waals surface area contributed by atoms with Gasteiger partial charge < -0.3 is 4.74 Å². The smallest absolute Gasteiger partial charge is 0.0636 e. The summed E-state index contributed by atoms with van der Waals surface area (Å²) in [4.78, 5) is 0. The highest BCUT2D eigenvalue weighted by atomic mass is 35.5. The zero-order chi connectivity index (χ0) is 12.4. The van der Waals surface area contributed by atoms with Crippen LogP contribution in [-0.2, 0) is 4.74 Å². The molecule has 0 spiro atoms. The van der Waals surface area contributed by atoms with E-state index in [1.54, 1.807) is 0 Å². The van der Waals surface area contributed by atoms with Gasteiger partial charge in [-0.1, -0.05) is 38.1 Å². The standard InChI is InChI=1S/C15H21ClO/c1-10(2)12-4-6-13(7-5-12)15(16)14-8-11(3)17-9-14/h4-7,10-11,14-15H,8-9H2,1-3H3. The van der Waals surface area contributed by atoms with Gasteiger partial charge in [-0.05, 0) is 30.4 Å². The maximum Gasteiger partial charge on any atom is 0.0636 e.